The first kappa shape index (κ1) is 23.0. The summed E-state index contributed by atoms with van der Waals surface area (Å²) in [5.41, 5.74) is 7.10. The van der Waals surface area contributed by atoms with Gasteiger partial charge in [0.25, 0.3) is 0 Å². The molecule has 1 amide bonds. The normalized spacial score (nSPS) is 12.2. The maximum Gasteiger partial charge on any atom is 0.225 e. The molecule has 3 aromatic heterocycles. The molecule has 1 aromatic carbocycles. The Morgan fingerprint density at radius 2 is 1.85 bits per heavy atom. The van der Waals surface area contributed by atoms with Gasteiger partial charge in [-0.1, -0.05) is 26.8 Å². The second-order valence-corrected chi connectivity index (χ2v) is 8.09. The molecule has 0 fully saturated rings. The number of hydrogen-bond donors (Lipinski definition) is 1. The molecule has 0 radical (unpaired) electrons. The van der Waals surface area contributed by atoms with Crippen LogP contribution in [0, 0.1) is 11.6 Å². The molecule has 174 valence electrons. The van der Waals surface area contributed by atoms with Gasteiger partial charge >= 0.3 is 0 Å². The van der Waals surface area contributed by atoms with Gasteiger partial charge in [-0.25, -0.2) is 23.4 Å². The van der Waals surface area contributed by atoms with Crippen molar-refractivity contribution in [2.45, 2.75) is 39.0 Å². The molecule has 0 saturated carbocycles. The average molecular weight is 464 g/mol. The summed E-state index contributed by atoms with van der Waals surface area (Å²) in [7, 11) is 0. The largest absolute Gasteiger partial charge is 0.369 e. The molecule has 0 aliphatic carbocycles. The van der Waals surface area contributed by atoms with Crippen LogP contribution in [-0.2, 0) is 11.2 Å². The van der Waals surface area contributed by atoms with Crippen molar-refractivity contribution in [2.75, 3.05) is 0 Å². The molecule has 0 aliphatic heterocycles. The van der Waals surface area contributed by atoms with E-state index in [2.05, 4.69) is 30.2 Å². The lowest BCUT2D eigenvalue weighted by atomic mass is 9.92. The molecule has 4 aromatic rings. The molecule has 1 unspecified atom stereocenters. The Balaban J connectivity index is 1.70. The second-order valence-electron chi connectivity index (χ2n) is 8.09. The fraction of sp³-hybridized carbons (Fsp3) is 0.261. The first-order valence-electron chi connectivity index (χ1n) is 10.6. The zero-order valence-corrected chi connectivity index (χ0v) is 18.8. The Morgan fingerprint density at radius 1 is 1.12 bits per heavy atom. The molecule has 9 nitrogen and oxygen atoms in total. The van der Waals surface area contributed by atoms with Gasteiger partial charge in [0.2, 0.25) is 5.91 Å². The lowest BCUT2D eigenvalue weighted by molar-refractivity contribution is -0.117. The first-order valence-corrected chi connectivity index (χ1v) is 10.6. The fourth-order valence-corrected chi connectivity index (χ4v) is 3.55. The summed E-state index contributed by atoms with van der Waals surface area (Å²) < 4.78 is 30.0. The van der Waals surface area contributed by atoms with Gasteiger partial charge in [0, 0.05) is 12.1 Å². The Hall–Kier alpha value is -4.15. The Kier molecular flexibility index (Phi) is 6.35. The minimum Gasteiger partial charge on any atom is -0.369 e. The van der Waals surface area contributed by atoms with E-state index in [0.29, 0.717) is 17.2 Å². The van der Waals surface area contributed by atoms with Crippen molar-refractivity contribution in [1.82, 2.24) is 34.9 Å². The third kappa shape index (κ3) is 4.63. The van der Waals surface area contributed by atoms with Crippen LogP contribution < -0.4 is 5.73 Å². The Morgan fingerprint density at radius 3 is 2.53 bits per heavy atom. The summed E-state index contributed by atoms with van der Waals surface area (Å²) in [5.74, 6) is -1.59. The van der Waals surface area contributed by atoms with E-state index in [1.807, 2.05) is 20.8 Å². The summed E-state index contributed by atoms with van der Waals surface area (Å²) in [5, 5.41) is 12.7. The number of hydrogen-bond acceptors (Lipinski definition) is 7. The van der Waals surface area contributed by atoms with Gasteiger partial charge in [-0.2, -0.15) is 10.2 Å². The highest BCUT2D eigenvalue weighted by molar-refractivity contribution is 5.75. The van der Waals surface area contributed by atoms with E-state index in [0.717, 1.165) is 5.56 Å². The summed E-state index contributed by atoms with van der Waals surface area (Å²) in [6.45, 7) is 5.83. The van der Waals surface area contributed by atoms with Crippen molar-refractivity contribution >= 4 is 5.91 Å². The molecule has 0 spiro atoms. The van der Waals surface area contributed by atoms with Gasteiger partial charge in [-0.15, -0.1) is 5.10 Å². The highest BCUT2D eigenvalue weighted by atomic mass is 19.1. The monoisotopic (exact) mass is 464 g/mol. The molecular weight excluding hydrogens is 442 g/mol. The maximum atomic E-state index is 14.3. The number of primary amides is 1. The zero-order valence-electron chi connectivity index (χ0n) is 18.8. The molecule has 2 N–H and O–H groups in total. The van der Waals surface area contributed by atoms with Gasteiger partial charge in [-0.3, -0.25) is 9.78 Å². The second kappa shape index (κ2) is 9.38. The lowest BCUT2D eigenvalue weighted by Gasteiger charge is -2.18. The maximum absolute atomic E-state index is 14.3. The van der Waals surface area contributed by atoms with E-state index < -0.39 is 17.5 Å². The van der Waals surface area contributed by atoms with Gasteiger partial charge < -0.3 is 5.73 Å². The van der Waals surface area contributed by atoms with E-state index >= 15 is 0 Å². The van der Waals surface area contributed by atoms with Crippen LogP contribution in [0.2, 0.25) is 0 Å². The van der Waals surface area contributed by atoms with Crippen molar-refractivity contribution in [1.29, 1.82) is 0 Å². The molecular formula is C23H22F2N8O. The number of aromatic nitrogens is 7. The summed E-state index contributed by atoms with van der Waals surface area (Å²) in [6.07, 6.45) is 4.45. The predicted octanol–water partition coefficient (Wildman–Crippen LogP) is 3.10. The van der Waals surface area contributed by atoms with Gasteiger partial charge in [0.1, 0.15) is 18.0 Å². The molecule has 0 bridgehead atoms. The molecule has 0 aliphatic rings. The first-order chi connectivity index (χ1) is 16.2. The standard InChI is InChI=1S/C23H22F2N8O/c1-12(2)14-7-17(22-15(24)5-4-6-16(22)25)30-31-23(14)13(3)18-9-27-10-21(29-18)33-11-28-20(32-33)8-19(26)34/h4-7,9-13H,8H2,1-3H3,(H2,26,34). The minimum absolute atomic E-state index is 0.00403. The Labute approximate surface area is 194 Å². The number of nitrogens with zero attached hydrogens (tertiary/aromatic N) is 7. The number of nitrogens with two attached hydrogens (primary N) is 1. The van der Waals surface area contributed by atoms with Crippen LogP contribution in [0.5, 0.6) is 0 Å². The molecule has 3 heterocycles. The summed E-state index contributed by atoms with van der Waals surface area (Å²) >= 11 is 0. The SMILES string of the molecule is CC(C)c1cc(-c2c(F)cccc2F)nnc1C(C)c1cncc(-n2cnc(CC(N)=O)n2)n1. The predicted molar refractivity (Wildman–Crippen MR) is 119 cm³/mol. The van der Waals surface area contributed by atoms with Crippen LogP contribution in [0.15, 0.2) is 43.0 Å². The highest BCUT2D eigenvalue weighted by Crippen LogP contribution is 2.32. The number of amides is 1. The van der Waals surface area contributed by atoms with Crippen LogP contribution in [-0.4, -0.2) is 40.8 Å². The minimum atomic E-state index is -0.702. The number of carbonyl (C=O) groups excluding carboxylic acids is 1. The van der Waals surface area contributed by atoms with E-state index in [1.165, 1.54) is 35.4 Å². The van der Waals surface area contributed by atoms with Crippen molar-refractivity contribution < 1.29 is 13.6 Å². The lowest BCUT2D eigenvalue weighted by Crippen LogP contribution is -2.15. The third-order valence-corrected chi connectivity index (χ3v) is 5.30. The average Bonchev–Trinajstić information content (AvgIpc) is 3.26. The number of halogens is 2. The Bertz CT molecular complexity index is 1330. The van der Waals surface area contributed by atoms with Crippen molar-refractivity contribution in [3.05, 3.63) is 77.4 Å². The number of carbonyl (C=O) groups is 1. The van der Waals surface area contributed by atoms with Crippen molar-refractivity contribution in [3.63, 3.8) is 0 Å². The van der Waals surface area contributed by atoms with Crippen LogP contribution >= 0.6 is 0 Å². The molecule has 1 atom stereocenters. The molecule has 11 heteroatoms. The van der Waals surface area contributed by atoms with Gasteiger partial charge in [-0.05, 0) is 29.7 Å². The quantitative estimate of drug-likeness (QED) is 0.445. The van der Waals surface area contributed by atoms with E-state index in [9.17, 15) is 13.6 Å². The van der Waals surface area contributed by atoms with E-state index in [-0.39, 0.29) is 35.3 Å². The van der Waals surface area contributed by atoms with E-state index in [1.54, 1.807) is 12.3 Å². The van der Waals surface area contributed by atoms with Crippen LogP contribution in [0.25, 0.3) is 17.1 Å². The smallest absolute Gasteiger partial charge is 0.225 e. The number of rotatable bonds is 7. The molecule has 0 saturated heterocycles. The van der Waals surface area contributed by atoms with Crippen molar-refractivity contribution in [2.24, 2.45) is 5.73 Å². The summed E-state index contributed by atoms with van der Waals surface area (Å²) in [6, 6.07) is 5.34. The van der Waals surface area contributed by atoms with Gasteiger partial charge in [0.05, 0.1) is 35.3 Å². The van der Waals surface area contributed by atoms with Crippen LogP contribution in [0.1, 0.15) is 55.4 Å². The van der Waals surface area contributed by atoms with Crippen LogP contribution in [0.4, 0.5) is 8.78 Å². The highest BCUT2D eigenvalue weighted by Gasteiger charge is 2.22. The summed E-state index contributed by atoms with van der Waals surface area (Å²) in [4.78, 5) is 24.0. The molecule has 34 heavy (non-hydrogen) atoms. The number of benzene rings is 1. The van der Waals surface area contributed by atoms with Crippen LogP contribution in [0.3, 0.4) is 0 Å². The molecule has 4 rings (SSSR count). The fourth-order valence-electron chi connectivity index (χ4n) is 3.55. The topological polar surface area (TPSA) is 125 Å². The van der Waals surface area contributed by atoms with Crippen molar-refractivity contribution in [3.8, 4) is 17.1 Å². The third-order valence-electron chi connectivity index (χ3n) is 5.30. The van der Waals surface area contributed by atoms with E-state index in [4.69, 9.17) is 5.73 Å². The van der Waals surface area contributed by atoms with Gasteiger partial charge in [0.15, 0.2) is 11.6 Å². The zero-order chi connectivity index (χ0) is 24.4.